The van der Waals surface area contributed by atoms with Crippen LogP contribution in [0.5, 0.6) is 5.88 Å². The zero-order chi connectivity index (χ0) is 20.7. The van der Waals surface area contributed by atoms with Crippen molar-refractivity contribution in [1.29, 1.82) is 0 Å². The van der Waals surface area contributed by atoms with Gasteiger partial charge in [-0.3, -0.25) is 19.3 Å². The van der Waals surface area contributed by atoms with E-state index in [9.17, 15) is 14.7 Å². The summed E-state index contributed by atoms with van der Waals surface area (Å²) in [6.45, 7) is 2.10. The number of aromatic nitrogens is 2. The quantitative estimate of drug-likeness (QED) is 0.394. The van der Waals surface area contributed by atoms with Crippen LogP contribution < -0.4 is 5.56 Å². The van der Waals surface area contributed by atoms with E-state index in [0.717, 1.165) is 5.56 Å². The van der Waals surface area contributed by atoms with E-state index in [1.54, 1.807) is 6.92 Å². The number of rotatable bonds is 8. The molecule has 28 heavy (non-hydrogen) atoms. The minimum atomic E-state index is -0.859. The van der Waals surface area contributed by atoms with Gasteiger partial charge in [-0.1, -0.05) is 30.3 Å². The molecule has 8 nitrogen and oxygen atoms in total. The third kappa shape index (κ3) is 5.14. The fourth-order valence-corrected chi connectivity index (χ4v) is 3.00. The van der Waals surface area contributed by atoms with Crippen molar-refractivity contribution < 1.29 is 19.4 Å². The van der Waals surface area contributed by atoms with Crippen LogP contribution in [0, 0.1) is 4.77 Å². The van der Waals surface area contributed by atoms with Gasteiger partial charge < -0.3 is 14.6 Å². The Bertz CT molecular complexity index is 966. The highest BCUT2D eigenvalue weighted by molar-refractivity contribution is 7.71. The van der Waals surface area contributed by atoms with E-state index in [2.05, 4.69) is 9.98 Å². The van der Waals surface area contributed by atoms with Crippen molar-refractivity contribution in [2.75, 3.05) is 20.8 Å². The van der Waals surface area contributed by atoms with Crippen molar-refractivity contribution in [3.8, 4) is 5.88 Å². The second kappa shape index (κ2) is 9.95. The SMILES string of the molecule is COCCn1c(O)c(C(C)=NC(Cc2ccccc2)C(=O)OC)c(=O)[nH]c1=S. The van der Waals surface area contributed by atoms with Crippen molar-refractivity contribution in [2.45, 2.75) is 25.9 Å². The normalized spacial score (nSPS) is 12.6. The summed E-state index contributed by atoms with van der Waals surface area (Å²) in [4.78, 5) is 31.5. The number of aromatic amines is 1. The Kier molecular flexibility index (Phi) is 7.65. The van der Waals surface area contributed by atoms with Crippen molar-refractivity contribution in [3.05, 3.63) is 56.6 Å². The Labute approximate surface area is 167 Å². The Morgan fingerprint density at radius 3 is 2.61 bits per heavy atom. The summed E-state index contributed by atoms with van der Waals surface area (Å²) in [6.07, 6.45) is 0.298. The third-order valence-corrected chi connectivity index (χ3v) is 4.47. The second-order valence-electron chi connectivity index (χ2n) is 6.05. The molecule has 0 aliphatic carbocycles. The molecule has 0 saturated heterocycles. The van der Waals surface area contributed by atoms with E-state index in [1.807, 2.05) is 30.3 Å². The van der Waals surface area contributed by atoms with Crippen LogP contribution in [0.1, 0.15) is 18.1 Å². The molecule has 0 radical (unpaired) electrons. The molecule has 1 atom stereocenters. The monoisotopic (exact) mass is 405 g/mol. The maximum atomic E-state index is 12.4. The van der Waals surface area contributed by atoms with Crippen LogP contribution in [0.25, 0.3) is 0 Å². The molecule has 1 aromatic carbocycles. The first kappa shape index (κ1) is 21.5. The van der Waals surface area contributed by atoms with Crippen LogP contribution in [0.2, 0.25) is 0 Å². The number of benzene rings is 1. The predicted molar refractivity (Wildman–Crippen MR) is 108 cm³/mol. The average Bonchev–Trinajstić information content (AvgIpc) is 2.67. The summed E-state index contributed by atoms with van der Waals surface area (Å²) in [5, 5.41) is 10.6. The number of esters is 1. The van der Waals surface area contributed by atoms with Gasteiger partial charge >= 0.3 is 5.97 Å². The number of nitrogens with zero attached hydrogens (tertiary/aromatic N) is 2. The summed E-state index contributed by atoms with van der Waals surface area (Å²) in [5.74, 6) is -0.860. The largest absolute Gasteiger partial charge is 0.494 e. The molecule has 9 heteroatoms. The molecule has 0 amide bonds. The molecular formula is C19H23N3O5S. The van der Waals surface area contributed by atoms with E-state index in [0.29, 0.717) is 13.0 Å². The van der Waals surface area contributed by atoms with Gasteiger partial charge in [-0.15, -0.1) is 0 Å². The number of nitrogens with one attached hydrogen (secondary N) is 1. The van der Waals surface area contributed by atoms with Crippen LogP contribution in [0.3, 0.4) is 0 Å². The van der Waals surface area contributed by atoms with Crippen molar-refractivity contribution in [2.24, 2.45) is 4.99 Å². The standard InChI is InChI=1S/C19H23N3O5S/c1-12(15-16(23)21-19(28)22(17(15)24)9-10-26-2)20-14(18(25)27-3)11-13-7-5-4-6-8-13/h4-8,14,24H,9-11H2,1-3H3,(H,21,23,28). The van der Waals surface area contributed by atoms with Crippen LogP contribution in [0.4, 0.5) is 0 Å². The fourth-order valence-electron chi connectivity index (χ4n) is 2.73. The Morgan fingerprint density at radius 2 is 2.00 bits per heavy atom. The van der Waals surface area contributed by atoms with Crippen LogP contribution in [-0.4, -0.2) is 53.2 Å². The number of H-pyrrole nitrogens is 1. The number of methoxy groups -OCH3 is 2. The molecule has 1 unspecified atom stereocenters. The number of aromatic hydroxyl groups is 1. The number of carbonyl (C=O) groups is 1. The molecule has 0 aliphatic heterocycles. The Balaban J connectivity index is 2.47. The van der Waals surface area contributed by atoms with Gasteiger partial charge in [0.1, 0.15) is 5.56 Å². The molecular weight excluding hydrogens is 382 g/mol. The van der Waals surface area contributed by atoms with Crippen molar-refractivity contribution >= 4 is 23.9 Å². The van der Waals surface area contributed by atoms with E-state index >= 15 is 0 Å². The highest BCUT2D eigenvalue weighted by atomic mass is 32.1. The van der Waals surface area contributed by atoms with Gasteiger partial charge in [0.15, 0.2) is 10.8 Å². The summed E-state index contributed by atoms with van der Waals surface area (Å²) >= 11 is 5.10. The summed E-state index contributed by atoms with van der Waals surface area (Å²) in [5.41, 5.74) is 0.460. The lowest BCUT2D eigenvalue weighted by Crippen LogP contribution is -2.27. The first-order valence-corrected chi connectivity index (χ1v) is 9.01. The molecule has 0 fully saturated rings. The van der Waals surface area contributed by atoms with Gasteiger partial charge in [0.25, 0.3) is 5.56 Å². The molecule has 150 valence electrons. The number of hydrogen-bond acceptors (Lipinski definition) is 7. The minimum Gasteiger partial charge on any atom is -0.494 e. The highest BCUT2D eigenvalue weighted by Crippen LogP contribution is 2.16. The summed E-state index contributed by atoms with van der Waals surface area (Å²) in [7, 11) is 2.80. The molecule has 0 saturated carbocycles. The average molecular weight is 405 g/mol. The topological polar surface area (TPSA) is 106 Å². The van der Waals surface area contributed by atoms with E-state index < -0.39 is 17.6 Å². The maximum Gasteiger partial charge on any atom is 0.330 e. The number of hydrogen-bond donors (Lipinski definition) is 2. The second-order valence-corrected chi connectivity index (χ2v) is 6.43. The summed E-state index contributed by atoms with van der Waals surface area (Å²) < 4.78 is 11.3. The molecule has 0 aliphatic rings. The smallest absolute Gasteiger partial charge is 0.330 e. The first-order chi connectivity index (χ1) is 13.4. The van der Waals surface area contributed by atoms with E-state index in [-0.39, 0.29) is 28.5 Å². The minimum absolute atomic E-state index is 0.0494. The molecule has 2 aromatic rings. The molecule has 1 aromatic heterocycles. The maximum absolute atomic E-state index is 12.4. The van der Waals surface area contributed by atoms with Gasteiger partial charge in [0.2, 0.25) is 5.88 Å². The fraction of sp³-hybridized carbons (Fsp3) is 0.368. The van der Waals surface area contributed by atoms with E-state index in [4.69, 9.17) is 21.7 Å². The predicted octanol–water partition coefficient (Wildman–Crippen LogP) is 1.85. The number of carbonyl (C=O) groups excluding carboxylic acids is 1. The van der Waals surface area contributed by atoms with Gasteiger partial charge in [-0.05, 0) is 24.7 Å². The highest BCUT2D eigenvalue weighted by Gasteiger charge is 2.22. The Hall–Kier alpha value is -2.78. The lowest BCUT2D eigenvalue weighted by Gasteiger charge is -2.15. The molecule has 2 N–H and O–H groups in total. The van der Waals surface area contributed by atoms with Gasteiger partial charge in [-0.2, -0.15) is 0 Å². The number of ether oxygens (including phenoxy) is 2. The number of aliphatic imine (C=N–C) groups is 1. The van der Waals surface area contributed by atoms with Crippen molar-refractivity contribution in [1.82, 2.24) is 9.55 Å². The molecule has 0 spiro atoms. The first-order valence-electron chi connectivity index (χ1n) is 8.60. The van der Waals surface area contributed by atoms with Crippen LogP contribution >= 0.6 is 12.2 Å². The Morgan fingerprint density at radius 1 is 1.32 bits per heavy atom. The van der Waals surface area contributed by atoms with E-state index in [1.165, 1.54) is 18.8 Å². The van der Waals surface area contributed by atoms with Gasteiger partial charge in [0, 0.05) is 13.5 Å². The van der Waals surface area contributed by atoms with Crippen LogP contribution in [0.15, 0.2) is 40.1 Å². The molecule has 1 heterocycles. The lowest BCUT2D eigenvalue weighted by atomic mass is 10.1. The third-order valence-electron chi connectivity index (χ3n) is 4.15. The van der Waals surface area contributed by atoms with Gasteiger partial charge in [0.05, 0.1) is 26.0 Å². The zero-order valence-corrected chi connectivity index (χ0v) is 16.8. The zero-order valence-electron chi connectivity index (χ0n) is 16.0. The summed E-state index contributed by atoms with van der Waals surface area (Å²) in [6, 6.07) is 8.47. The molecule has 0 bridgehead atoms. The van der Waals surface area contributed by atoms with Crippen LogP contribution in [-0.2, 0) is 27.2 Å². The van der Waals surface area contributed by atoms with Crippen molar-refractivity contribution in [3.63, 3.8) is 0 Å². The lowest BCUT2D eigenvalue weighted by molar-refractivity contribution is -0.142. The van der Waals surface area contributed by atoms with Gasteiger partial charge in [-0.25, -0.2) is 4.79 Å². The molecule has 2 rings (SSSR count).